The highest BCUT2D eigenvalue weighted by Gasteiger charge is 2.46. The number of nitrogens with one attached hydrogen (secondary N) is 1. The zero-order valence-corrected chi connectivity index (χ0v) is 24.3. The molecular weight excluding hydrogens is 679 g/mol. The number of carbonyl (C=O) groups is 2. The van der Waals surface area contributed by atoms with Crippen molar-refractivity contribution >= 4 is 40.1 Å². The Balaban J connectivity index is 1.71. The zero-order valence-electron chi connectivity index (χ0n) is 22.2. The molecule has 3 aromatic rings. The van der Waals surface area contributed by atoms with Crippen molar-refractivity contribution in [1.82, 2.24) is 15.1 Å². The highest BCUT2D eigenvalue weighted by Crippen LogP contribution is 2.36. The summed E-state index contributed by atoms with van der Waals surface area (Å²) < 4.78 is 63.5. The van der Waals surface area contributed by atoms with Gasteiger partial charge in [-0.3, -0.25) is 14.4 Å². The van der Waals surface area contributed by atoms with Gasteiger partial charge in [-0.05, 0) is 36.8 Å². The Labute approximate surface area is 250 Å². The molecule has 1 saturated heterocycles. The molecule has 1 aliphatic rings. The third kappa shape index (κ3) is 6.83. The highest BCUT2D eigenvalue weighted by molar-refractivity contribution is 14.1. The van der Waals surface area contributed by atoms with Gasteiger partial charge in [-0.25, -0.2) is 13.5 Å². The average molecular weight is 704 g/mol. The molecule has 2 amide bonds. The van der Waals surface area contributed by atoms with Crippen molar-refractivity contribution < 1.29 is 41.7 Å². The Hall–Kier alpha value is -3.73. The first-order valence-electron chi connectivity index (χ1n) is 12.6. The van der Waals surface area contributed by atoms with E-state index < -0.39 is 63.3 Å². The standard InChI is InChI=1S/C27H25F4IN4O6/c1-3-15(37)12-36-25(39)21(8-9-33-36)35-13-18(22-19(28)10-17(41-2)11-20(22)29)23(26(35)40)34-24(38)14-4-6-16(7-5-14)42-27(30,31)32/h4-11,15,18,23,37H,3,12-13H2,1-2H3,(H,34,38)/t15?,18-,23-/m0/s1. The molecular formula is C27H25F4IN4O6. The topological polar surface area (TPSA) is 123 Å². The SMILES string of the molecule is CCC(O)Cn1nccc(N2C[C@@H](c3c(F)cc(OC)cc3F)[C@H](NC(=O)c3ccc(OC(F)(F)I)cc3)C2=O)c1=O. The molecule has 224 valence electrons. The number of aliphatic hydroxyl groups is 1. The van der Waals surface area contributed by atoms with Gasteiger partial charge in [0.1, 0.15) is 34.9 Å². The van der Waals surface area contributed by atoms with Crippen LogP contribution in [0.3, 0.4) is 0 Å². The van der Waals surface area contributed by atoms with Gasteiger partial charge in [-0.2, -0.15) is 13.9 Å². The fourth-order valence-corrected chi connectivity index (χ4v) is 4.79. The number of ether oxygens (including phenoxy) is 2. The molecule has 2 N–H and O–H groups in total. The average Bonchev–Trinajstić information content (AvgIpc) is 3.23. The predicted molar refractivity (Wildman–Crippen MR) is 150 cm³/mol. The van der Waals surface area contributed by atoms with E-state index in [1.807, 2.05) is 0 Å². The van der Waals surface area contributed by atoms with Crippen molar-refractivity contribution in [2.24, 2.45) is 0 Å². The lowest BCUT2D eigenvalue weighted by molar-refractivity contribution is -0.118. The van der Waals surface area contributed by atoms with Crippen LogP contribution in [0, 0.1) is 11.6 Å². The van der Waals surface area contributed by atoms with Crippen molar-refractivity contribution in [3.63, 3.8) is 0 Å². The minimum atomic E-state index is -3.48. The summed E-state index contributed by atoms with van der Waals surface area (Å²) in [6.07, 6.45) is 0.688. The van der Waals surface area contributed by atoms with Crippen LogP contribution in [-0.4, -0.2) is 56.6 Å². The Morgan fingerprint density at radius 3 is 2.38 bits per heavy atom. The van der Waals surface area contributed by atoms with Crippen molar-refractivity contribution in [3.05, 3.63) is 81.8 Å². The van der Waals surface area contributed by atoms with E-state index in [1.54, 1.807) is 6.92 Å². The van der Waals surface area contributed by atoms with Crippen LogP contribution >= 0.6 is 22.6 Å². The van der Waals surface area contributed by atoms with Crippen molar-refractivity contribution in [2.45, 2.75) is 42.1 Å². The Morgan fingerprint density at radius 1 is 1.17 bits per heavy atom. The molecule has 1 fully saturated rings. The van der Waals surface area contributed by atoms with Crippen LogP contribution in [0.25, 0.3) is 0 Å². The number of methoxy groups -OCH3 is 1. The Morgan fingerprint density at radius 2 is 1.81 bits per heavy atom. The lowest BCUT2D eigenvalue weighted by Gasteiger charge is -2.20. The monoisotopic (exact) mass is 704 g/mol. The molecule has 15 heteroatoms. The molecule has 4 rings (SSSR count). The summed E-state index contributed by atoms with van der Waals surface area (Å²) in [6, 6.07) is 6.16. The highest BCUT2D eigenvalue weighted by atomic mass is 127. The minimum absolute atomic E-state index is 0.0559. The van der Waals surface area contributed by atoms with Crippen molar-refractivity contribution in [3.8, 4) is 11.5 Å². The minimum Gasteiger partial charge on any atom is -0.497 e. The maximum absolute atomic E-state index is 15.2. The van der Waals surface area contributed by atoms with Gasteiger partial charge in [0.15, 0.2) is 0 Å². The van der Waals surface area contributed by atoms with E-state index in [9.17, 15) is 28.3 Å². The van der Waals surface area contributed by atoms with Gasteiger partial charge in [0.25, 0.3) is 11.5 Å². The van der Waals surface area contributed by atoms with Gasteiger partial charge in [0.2, 0.25) is 5.91 Å². The number of alkyl halides is 3. The van der Waals surface area contributed by atoms with Crippen LogP contribution in [0.4, 0.5) is 23.2 Å². The van der Waals surface area contributed by atoms with Crippen LogP contribution in [0.2, 0.25) is 0 Å². The number of hydrogen-bond acceptors (Lipinski definition) is 7. The second kappa shape index (κ2) is 12.6. The number of amides is 2. The number of aliphatic hydroxyl groups excluding tert-OH is 1. The molecule has 1 aliphatic heterocycles. The third-order valence-corrected chi connectivity index (χ3v) is 6.87. The largest absolute Gasteiger partial charge is 0.497 e. The number of rotatable bonds is 10. The van der Waals surface area contributed by atoms with E-state index in [4.69, 9.17) is 4.74 Å². The molecule has 1 aromatic heterocycles. The van der Waals surface area contributed by atoms with Gasteiger partial charge >= 0.3 is 4.12 Å². The molecule has 0 bridgehead atoms. The third-order valence-electron chi connectivity index (χ3n) is 6.65. The van der Waals surface area contributed by atoms with Crippen molar-refractivity contribution in [1.29, 1.82) is 0 Å². The molecule has 2 heterocycles. The quantitative estimate of drug-likeness (QED) is 0.188. The lowest BCUT2D eigenvalue weighted by atomic mass is 9.92. The van der Waals surface area contributed by atoms with Crippen LogP contribution < -0.4 is 25.2 Å². The van der Waals surface area contributed by atoms with Gasteiger partial charge in [0.05, 0.1) is 42.3 Å². The second-order valence-corrected chi connectivity index (χ2v) is 10.6. The number of hydrogen-bond donors (Lipinski definition) is 2. The van der Waals surface area contributed by atoms with Crippen LogP contribution in [0.5, 0.6) is 11.5 Å². The maximum Gasteiger partial charge on any atom is 0.451 e. The lowest BCUT2D eigenvalue weighted by Crippen LogP contribution is -2.45. The number of anilines is 1. The van der Waals surface area contributed by atoms with E-state index in [-0.39, 0.29) is 29.3 Å². The molecule has 3 atom stereocenters. The summed E-state index contributed by atoms with van der Waals surface area (Å²) >= 11 is 0.787. The van der Waals surface area contributed by atoms with E-state index in [1.165, 1.54) is 31.5 Å². The number of halogens is 5. The van der Waals surface area contributed by atoms with Gasteiger partial charge in [0, 0.05) is 41.9 Å². The Bertz CT molecular complexity index is 1510. The Kier molecular flexibility index (Phi) is 9.40. The first kappa shape index (κ1) is 31.2. The summed E-state index contributed by atoms with van der Waals surface area (Å²) in [5, 5.41) is 16.4. The van der Waals surface area contributed by atoms with Crippen LogP contribution in [0.1, 0.15) is 35.2 Å². The summed E-state index contributed by atoms with van der Waals surface area (Å²) in [5.74, 6) is -5.39. The molecule has 0 aliphatic carbocycles. The van der Waals surface area contributed by atoms with Crippen molar-refractivity contribution in [2.75, 3.05) is 18.6 Å². The summed E-state index contributed by atoms with van der Waals surface area (Å²) in [6.45, 7) is 1.16. The fourth-order valence-electron chi connectivity index (χ4n) is 4.54. The molecule has 0 saturated carbocycles. The van der Waals surface area contributed by atoms with E-state index >= 15 is 8.78 Å². The molecule has 10 nitrogen and oxygen atoms in total. The van der Waals surface area contributed by atoms with E-state index in [0.717, 1.165) is 56.4 Å². The smallest absolute Gasteiger partial charge is 0.451 e. The predicted octanol–water partition coefficient (Wildman–Crippen LogP) is 3.59. The summed E-state index contributed by atoms with van der Waals surface area (Å²) in [7, 11) is 1.22. The van der Waals surface area contributed by atoms with Crippen LogP contribution in [0.15, 0.2) is 53.5 Å². The van der Waals surface area contributed by atoms with Gasteiger partial charge < -0.3 is 24.8 Å². The number of benzene rings is 2. The maximum atomic E-state index is 15.2. The first-order chi connectivity index (χ1) is 19.8. The summed E-state index contributed by atoms with van der Waals surface area (Å²) in [4.78, 5) is 41.0. The zero-order chi connectivity index (χ0) is 30.8. The number of carbonyl (C=O) groups excluding carboxylic acids is 2. The van der Waals surface area contributed by atoms with E-state index in [0.29, 0.717) is 6.42 Å². The molecule has 2 aromatic carbocycles. The summed E-state index contributed by atoms with van der Waals surface area (Å²) in [5.41, 5.74) is -1.47. The number of nitrogens with zero attached hydrogens (tertiary/aromatic N) is 3. The normalized spacial score (nSPS) is 17.7. The second-order valence-electron chi connectivity index (χ2n) is 9.35. The molecule has 0 spiro atoms. The first-order valence-corrected chi connectivity index (χ1v) is 13.7. The fraction of sp³-hybridized carbons (Fsp3) is 0.333. The van der Waals surface area contributed by atoms with Gasteiger partial charge in [-0.1, -0.05) is 6.92 Å². The van der Waals surface area contributed by atoms with Crippen LogP contribution in [-0.2, 0) is 11.3 Å². The number of aromatic nitrogens is 2. The van der Waals surface area contributed by atoms with Gasteiger partial charge in [-0.15, -0.1) is 0 Å². The molecule has 42 heavy (non-hydrogen) atoms. The molecule has 1 unspecified atom stereocenters. The molecule has 0 radical (unpaired) electrons. The van der Waals surface area contributed by atoms with E-state index in [2.05, 4.69) is 15.2 Å².